The zero-order valence-corrected chi connectivity index (χ0v) is 11.8. The van der Waals surface area contributed by atoms with Gasteiger partial charge < -0.3 is 9.63 Å². The van der Waals surface area contributed by atoms with Crippen LogP contribution in [0.3, 0.4) is 0 Å². The lowest BCUT2D eigenvalue weighted by atomic mass is 10.1. The molecule has 0 bridgehead atoms. The Morgan fingerprint density at radius 3 is 2.67 bits per heavy atom. The molecule has 0 aliphatic heterocycles. The van der Waals surface area contributed by atoms with Gasteiger partial charge in [-0.3, -0.25) is 0 Å². The number of aliphatic hydroxyl groups is 1. The SMILES string of the molecule is CC(C)(O)c1cn(Cc2noc(-c3ccccc3)n2)nn1. The number of rotatable bonds is 4. The van der Waals surface area contributed by atoms with Crippen molar-refractivity contribution in [3.63, 3.8) is 0 Å². The van der Waals surface area contributed by atoms with Gasteiger partial charge in [0.2, 0.25) is 0 Å². The molecule has 108 valence electrons. The fourth-order valence-corrected chi connectivity index (χ4v) is 1.82. The molecule has 7 nitrogen and oxygen atoms in total. The second-order valence-electron chi connectivity index (χ2n) is 5.24. The van der Waals surface area contributed by atoms with Crippen LogP contribution >= 0.6 is 0 Å². The first-order valence-corrected chi connectivity index (χ1v) is 6.53. The van der Waals surface area contributed by atoms with Crippen molar-refractivity contribution < 1.29 is 9.63 Å². The molecule has 0 radical (unpaired) electrons. The van der Waals surface area contributed by atoms with Crippen LogP contribution in [-0.2, 0) is 12.1 Å². The maximum atomic E-state index is 9.86. The lowest BCUT2D eigenvalue weighted by molar-refractivity contribution is 0.0737. The fraction of sp³-hybridized carbons (Fsp3) is 0.286. The summed E-state index contributed by atoms with van der Waals surface area (Å²) in [6.45, 7) is 3.64. The van der Waals surface area contributed by atoms with E-state index in [9.17, 15) is 5.11 Å². The highest BCUT2D eigenvalue weighted by Crippen LogP contribution is 2.18. The van der Waals surface area contributed by atoms with Gasteiger partial charge in [-0.25, -0.2) is 4.68 Å². The van der Waals surface area contributed by atoms with Gasteiger partial charge >= 0.3 is 0 Å². The van der Waals surface area contributed by atoms with Crippen LogP contribution in [0.4, 0.5) is 0 Å². The first-order valence-electron chi connectivity index (χ1n) is 6.53. The number of nitrogens with zero attached hydrogens (tertiary/aromatic N) is 5. The van der Waals surface area contributed by atoms with E-state index in [-0.39, 0.29) is 0 Å². The summed E-state index contributed by atoms with van der Waals surface area (Å²) in [4.78, 5) is 4.32. The molecule has 0 saturated heterocycles. The van der Waals surface area contributed by atoms with Crippen LogP contribution < -0.4 is 0 Å². The number of aromatic nitrogens is 5. The number of hydrogen-bond donors (Lipinski definition) is 1. The quantitative estimate of drug-likeness (QED) is 0.783. The molecule has 0 aliphatic carbocycles. The maximum absolute atomic E-state index is 9.86. The third kappa shape index (κ3) is 2.97. The largest absolute Gasteiger partial charge is 0.384 e. The average molecular weight is 285 g/mol. The maximum Gasteiger partial charge on any atom is 0.257 e. The predicted molar refractivity (Wildman–Crippen MR) is 74.1 cm³/mol. The van der Waals surface area contributed by atoms with Crippen molar-refractivity contribution in [3.05, 3.63) is 48.0 Å². The Morgan fingerprint density at radius 2 is 2.00 bits per heavy atom. The molecule has 0 atom stereocenters. The van der Waals surface area contributed by atoms with Gasteiger partial charge in [0, 0.05) is 5.56 Å². The third-order valence-corrected chi connectivity index (χ3v) is 2.96. The Kier molecular flexibility index (Phi) is 3.26. The summed E-state index contributed by atoms with van der Waals surface area (Å²) in [6, 6.07) is 9.55. The second kappa shape index (κ2) is 5.10. The van der Waals surface area contributed by atoms with Crippen molar-refractivity contribution in [3.8, 4) is 11.5 Å². The summed E-state index contributed by atoms with van der Waals surface area (Å²) in [5, 5.41) is 21.6. The van der Waals surface area contributed by atoms with Gasteiger partial charge in [-0.15, -0.1) is 5.10 Å². The van der Waals surface area contributed by atoms with Crippen molar-refractivity contribution in [1.29, 1.82) is 0 Å². The smallest absolute Gasteiger partial charge is 0.257 e. The van der Waals surface area contributed by atoms with E-state index in [2.05, 4.69) is 20.5 Å². The lowest BCUT2D eigenvalue weighted by Crippen LogP contribution is -2.15. The minimum Gasteiger partial charge on any atom is -0.384 e. The van der Waals surface area contributed by atoms with E-state index in [0.29, 0.717) is 24.0 Å². The standard InChI is InChI=1S/C14H15N5O2/c1-14(2,20)11-8-19(18-16-11)9-12-15-13(21-17-12)10-6-4-3-5-7-10/h3-8,20H,9H2,1-2H3. The van der Waals surface area contributed by atoms with Crippen LogP contribution in [0.1, 0.15) is 25.4 Å². The van der Waals surface area contributed by atoms with E-state index in [1.54, 1.807) is 24.7 Å². The van der Waals surface area contributed by atoms with Gasteiger partial charge in [-0.2, -0.15) is 4.98 Å². The van der Waals surface area contributed by atoms with Gasteiger partial charge in [0.05, 0.1) is 6.20 Å². The molecule has 1 aromatic carbocycles. The molecule has 0 amide bonds. The van der Waals surface area contributed by atoms with Crippen LogP contribution in [0.5, 0.6) is 0 Å². The van der Waals surface area contributed by atoms with E-state index >= 15 is 0 Å². The minimum atomic E-state index is -1.02. The fourth-order valence-electron chi connectivity index (χ4n) is 1.82. The molecule has 1 N–H and O–H groups in total. The number of hydrogen-bond acceptors (Lipinski definition) is 6. The Morgan fingerprint density at radius 1 is 1.24 bits per heavy atom. The molecule has 0 aliphatic rings. The molecule has 7 heteroatoms. The summed E-state index contributed by atoms with van der Waals surface area (Å²) in [5.41, 5.74) is 0.339. The van der Waals surface area contributed by atoms with Crippen LogP contribution in [0, 0.1) is 0 Å². The van der Waals surface area contributed by atoms with Crippen molar-refractivity contribution in [1.82, 2.24) is 25.1 Å². The third-order valence-electron chi connectivity index (χ3n) is 2.96. The van der Waals surface area contributed by atoms with Crippen molar-refractivity contribution in [2.24, 2.45) is 0 Å². The summed E-state index contributed by atoms with van der Waals surface area (Å²) < 4.78 is 6.79. The van der Waals surface area contributed by atoms with E-state index in [1.165, 1.54) is 0 Å². The molecule has 21 heavy (non-hydrogen) atoms. The first kappa shape index (κ1) is 13.4. The van der Waals surface area contributed by atoms with Gasteiger partial charge in [0.15, 0.2) is 5.82 Å². The summed E-state index contributed by atoms with van der Waals surface area (Å²) in [5.74, 6) is 0.967. The molecule has 0 unspecified atom stereocenters. The highest BCUT2D eigenvalue weighted by atomic mass is 16.5. The summed E-state index contributed by atoms with van der Waals surface area (Å²) in [7, 11) is 0. The topological polar surface area (TPSA) is 89.9 Å². The summed E-state index contributed by atoms with van der Waals surface area (Å²) in [6.07, 6.45) is 1.67. The first-order chi connectivity index (χ1) is 10.0. The van der Waals surface area contributed by atoms with Crippen molar-refractivity contribution in [2.45, 2.75) is 26.0 Å². The van der Waals surface area contributed by atoms with E-state index in [0.717, 1.165) is 5.56 Å². The molecular formula is C14H15N5O2. The van der Waals surface area contributed by atoms with Crippen LogP contribution in [0.15, 0.2) is 41.1 Å². The van der Waals surface area contributed by atoms with Crippen LogP contribution in [0.25, 0.3) is 11.5 Å². The Bertz CT molecular complexity index is 727. The monoisotopic (exact) mass is 285 g/mol. The van der Waals surface area contributed by atoms with Crippen LogP contribution in [-0.4, -0.2) is 30.2 Å². The lowest BCUT2D eigenvalue weighted by Gasteiger charge is -2.11. The average Bonchev–Trinajstić information content (AvgIpc) is 3.09. The Hall–Kier alpha value is -2.54. The number of benzene rings is 1. The molecule has 0 spiro atoms. The zero-order valence-electron chi connectivity index (χ0n) is 11.8. The van der Waals surface area contributed by atoms with E-state index < -0.39 is 5.60 Å². The predicted octanol–water partition coefficient (Wildman–Crippen LogP) is 1.60. The zero-order chi connectivity index (χ0) is 14.9. The van der Waals surface area contributed by atoms with Crippen molar-refractivity contribution in [2.75, 3.05) is 0 Å². The Labute approximate surface area is 121 Å². The van der Waals surface area contributed by atoms with Gasteiger partial charge in [0.25, 0.3) is 5.89 Å². The highest BCUT2D eigenvalue weighted by molar-refractivity contribution is 5.51. The van der Waals surface area contributed by atoms with Crippen LogP contribution in [0.2, 0.25) is 0 Å². The molecule has 2 aromatic heterocycles. The van der Waals surface area contributed by atoms with Gasteiger partial charge in [0.1, 0.15) is 17.8 Å². The molecule has 3 rings (SSSR count). The molecule has 0 saturated carbocycles. The second-order valence-corrected chi connectivity index (χ2v) is 5.24. The summed E-state index contributed by atoms with van der Waals surface area (Å²) >= 11 is 0. The molecule has 3 aromatic rings. The van der Waals surface area contributed by atoms with Gasteiger partial charge in [-0.05, 0) is 26.0 Å². The molecule has 2 heterocycles. The van der Waals surface area contributed by atoms with Gasteiger partial charge in [-0.1, -0.05) is 28.6 Å². The minimum absolute atomic E-state index is 0.333. The molecular weight excluding hydrogens is 270 g/mol. The van der Waals surface area contributed by atoms with Crippen molar-refractivity contribution >= 4 is 0 Å². The molecule has 0 fully saturated rings. The highest BCUT2D eigenvalue weighted by Gasteiger charge is 2.20. The normalized spacial score (nSPS) is 11.8. The Balaban J connectivity index is 1.77. The van der Waals surface area contributed by atoms with E-state index in [1.807, 2.05) is 30.3 Å². The van der Waals surface area contributed by atoms with E-state index in [4.69, 9.17) is 4.52 Å².